The zero-order valence-corrected chi connectivity index (χ0v) is 15.2. The lowest BCUT2D eigenvalue weighted by Crippen LogP contribution is -2.38. The van der Waals surface area contributed by atoms with Crippen LogP contribution in [-0.4, -0.2) is 4.92 Å². The van der Waals surface area contributed by atoms with Gasteiger partial charge in [0.15, 0.2) is 6.54 Å². The maximum absolute atomic E-state index is 10.8. The van der Waals surface area contributed by atoms with E-state index >= 15 is 0 Å². The predicted octanol–water partition coefficient (Wildman–Crippen LogP) is 5.25. The number of nitro benzene ring substituents is 1. The summed E-state index contributed by atoms with van der Waals surface area (Å²) >= 11 is 0. The Morgan fingerprint density at radius 1 is 0.786 bits per heavy atom. The van der Waals surface area contributed by atoms with Crippen molar-refractivity contribution in [3.05, 3.63) is 118 Å². The number of hydrogen-bond acceptors (Lipinski definition) is 2. The first-order chi connectivity index (χ1) is 13.7. The third-order valence-electron chi connectivity index (χ3n) is 4.71. The number of nitrogens with zero attached hydrogens (tertiary/aromatic N) is 2. The van der Waals surface area contributed by atoms with E-state index in [2.05, 4.69) is 47.0 Å². The summed E-state index contributed by atoms with van der Waals surface area (Å²) in [5, 5.41) is 12.0. The molecule has 136 valence electrons. The Morgan fingerprint density at radius 3 is 2.25 bits per heavy atom. The maximum Gasteiger partial charge on any atom is 0.269 e. The molecule has 0 fully saturated rings. The summed E-state index contributed by atoms with van der Waals surface area (Å²) in [6.07, 6.45) is 4.03. The number of hydrogen-bond donors (Lipinski definition) is 0. The van der Waals surface area contributed by atoms with Gasteiger partial charge in [0.05, 0.1) is 4.92 Å². The van der Waals surface area contributed by atoms with E-state index in [-0.39, 0.29) is 10.6 Å². The predicted molar refractivity (Wildman–Crippen MR) is 112 cm³/mol. The second-order valence-corrected chi connectivity index (χ2v) is 6.57. The summed E-state index contributed by atoms with van der Waals surface area (Å²) in [5.41, 5.74) is 4.49. The van der Waals surface area contributed by atoms with Gasteiger partial charge in [-0.25, -0.2) is 0 Å². The van der Waals surface area contributed by atoms with Crippen molar-refractivity contribution in [3.63, 3.8) is 0 Å². The number of benzene rings is 3. The molecular formula is C24H19N2O2+. The van der Waals surface area contributed by atoms with Crippen molar-refractivity contribution in [2.75, 3.05) is 0 Å². The molecule has 0 saturated carbocycles. The summed E-state index contributed by atoms with van der Waals surface area (Å²) < 4.78 is 2.28. The molecule has 0 aliphatic rings. The second kappa shape index (κ2) is 7.84. The molecule has 0 aliphatic heterocycles. The maximum atomic E-state index is 10.8. The summed E-state index contributed by atoms with van der Waals surface area (Å²) in [5.74, 6) is 0. The number of pyridine rings is 1. The van der Waals surface area contributed by atoms with Crippen LogP contribution in [0.2, 0.25) is 0 Å². The standard InChI is InChI=1S/C24H19N2O2/c27-26(28)23-15-11-19(12-16-23)10-14-22-17-13-21-8-4-5-9-24(21)25(22)18-20-6-2-1-3-7-20/h1-17H,18H2/q+1. The molecule has 0 aliphatic carbocycles. The summed E-state index contributed by atoms with van der Waals surface area (Å²) in [7, 11) is 0. The van der Waals surface area contributed by atoms with Crippen molar-refractivity contribution in [1.82, 2.24) is 0 Å². The Labute approximate surface area is 163 Å². The van der Waals surface area contributed by atoms with Crippen molar-refractivity contribution in [2.45, 2.75) is 6.54 Å². The highest BCUT2D eigenvalue weighted by Gasteiger charge is 2.14. The van der Waals surface area contributed by atoms with Crippen molar-refractivity contribution in [1.29, 1.82) is 0 Å². The van der Waals surface area contributed by atoms with Crippen molar-refractivity contribution < 1.29 is 9.49 Å². The number of rotatable bonds is 5. The van der Waals surface area contributed by atoms with E-state index in [9.17, 15) is 10.1 Å². The lowest BCUT2D eigenvalue weighted by Gasteiger charge is -2.05. The van der Waals surface area contributed by atoms with Crippen LogP contribution in [0.15, 0.2) is 91.0 Å². The van der Waals surface area contributed by atoms with Gasteiger partial charge in [0.25, 0.3) is 5.69 Å². The molecular weight excluding hydrogens is 348 g/mol. The van der Waals surface area contributed by atoms with Crippen LogP contribution in [0.4, 0.5) is 5.69 Å². The first-order valence-corrected chi connectivity index (χ1v) is 9.09. The Hall–Kier alpha value is -3.79. The molecule has 4 rings (SSSR count). The summed E-state index contributed by atoms with van der Waals surface area (Å²) in [4.78, 5) is 10.4. The van der Waals surface area contributed by atoms with Gasteiger partial charge in [-0.1, -0.05) is 42.5 Å². The summed E-state index contributed by atoms with van der Waals surface area (Å²) in [6.45, 7) is 0.766. The van der Waals surface area contributed by atoms with Crippen LogP contribution in [-0.2, 0) is 6.54 Å². The lowest BCUT2D eigenvalue weighted by atomic mass is 10.1. The van der Waals surface area contributed by atoms with Crippen LogP contribution >= 0.6 is 0 Å². The molecule has 0 amide bonds. The first kappa shape index (κ1) is 17.6. The highest BCUT2D eigenvalue weighted by molar-refractivity contribution is 5.77. The monoisotopic (exact) mass is 367 g/mol. The SMILES string of the molecule is O=[N+]([O-])c1ccc(C=Cc2ccc3ccccc3[n+]2Cc2ccccc2)cc1. The largest absolute Gasteiger partial charge is 0.269 e. The Bertz CT molecular complexity index is 1150. The number of non-ortho nitro benzene ring substituents is 1. The van der Waals surface area contributed by atoms with E-state index in [1.807, 2.05) is 36.4 Å². The van der Waals surface area contributed by atoms with Crippen LogP contribution in [0.1, 0.15) is 16.8 Å². The molecule has 0 unspecified atom stereocenters. The highest BCUT2D eigenvalue weighted by atomic mass is 16.6. The molecule has 1 aromatic heterocycles. The smallest absolute Gasteiger partial charge is 0.258 e. The van der Waals surface area contributed by atoms with Gasteiger partial charge in [0.2, 0.25) is 11.2 Å². The molecule has 4 aromatic rings. The minimum Gasteiger partial charge on any atom is -0.258 e. The number of nitro groups is 1. The lowest BCUT2D eigenvalue weighted by molar-refractivity contribution is -0.664. The van der Waals surface area contributed by atoms with Gasteiger partial charge in [0, 0.05) is 41.3 Å². The zero-order valence-electron chi connectivity index (χ0n) is 15.2. The molecule has 1 heterocycles. The van der Waals surface area contributed by atoms with Gasteiger partial charge in [-0.15, -0.1) is 0 Å². The van der Waals surface area contributed by atoms with E-state index in [0.29, 0.717) is 0 Å². The van der Waals surface area contributed by atoms with Crippen LogP contribution in [0, 0.1) is 10.1 Å². The van der Waals surface area contributed by atoms with Gasteiger partial charge in [-0.2, -0.15) is 4.57 Å². The normalized spacial score (nSPS) is 11.1. The van der Waals surface area contributed by atoms with Crippen molar-refractivity contribution >= 4 is 28.7 Å². The molecule has 0 N–H and O–H groups in total. The third kappa shape index (κ3) is 3.81. The van der Waals surface area contributed by atoms with E-state index in [4.69, 9.17) is 0 Å². The van der Waals surface area contributed by atoms with Crippen LogP contribution < -0.4 is 4.57 Å². The highest BCUT2D eigenvalue weighted by Crippen LogP contribution is 2.16. The molecule has 0 spiro atoms. The number of aromatic nitrogens is 1. The molecule has 0 radical (unpaired) electrons. The Morgan fingerprint density at radius 2 is 1.50 bits per heavy atom. The Balaban J connectivity index is 1.73. The van der Waals surface area contributed by atoms with Crippen molar-refractivity contribution in [3.8, 4) is 0 Å². The quantitative estimate of drug-likeness (QED) is 0.275. The first-order valence-electron chi connectivity index (χ1n) is 9.09. The van der Waals surface area contributed by atoms with Crippen LogP contribution in [0.3, 0.4) is 0 Å². The molecule has 28 heavy (non-hydrogen) atoms. The van der Waals surface area contributed by atoms with Gasteiger partial charge >= 0.3 is 0 Å². The van der Waals surface area contributed by atoms with E-state index in [0.717, 1.165) is 23.3 Å². The fourth-order valence-corrected chi connectivity index (χ4v) is 3.26. The van der Waals surface area contributed by atoms with Gasteiger partial charge in [-0.3, -0.25) is 10.1 Å². The second-order valence-electron chi connectivity index (χ2n) is 6.57. The van der Waals surface area contributed by atoms with Crippen LogP contribution in [0.25, 0.3) is 23.1 Å². The molecule has 4 nitrogen and oxygen atoms in total. The fraction of sp³-hybridized carbons (Fsp3) is 0.0417. The summed E-state index contributed by atoms with van der Waals surface area (Å²) in [6, 6.07) is 29.5. The minimum absolute atomic E-state index is 0.0991. The van der Waals surface area contributed by atoms with E-state index < -0.39 is 0 Å². The number of fused-ring (bicyclic) bond motifs is 1. The van der Waals surface area contributed by atoms with E-state index in [1.54, 1.807) is 12.1 Å². The minimum atomic E-state index is -0.384. The number of para-hydroxylation sites is 1. The Kier molecular flexibility index (Phi) is 4.93. The van der Waals surface area contributed by atoms with E-state index in [1.165, 1.54) is 23.1 Å². The molecule has 0 saturated heterocycles. The molecule has 0 atom stereocenters. The van der Waals surface area contributed by atoms with Crippen LogP contribution in [0.5, 0.6) is 0 Å². The fourth-order valence-electron chi connectivity index (χ4n) is 3.26. The average molecular weight is 367 g/mol. The van der Waals surface area contributed by atoms with Gasteiger partial charge in [-0.05, 0) is 35.9 Å². The topological polar surface area (TPSA) is 47.0 Å². The van der Waals surface area contributed by atoms with Gasteiger partial charge < -0.3 is 0 Å². The van der Waals surface area contributed by atoms with Gasteiger partial charge in [0.1, 0.15) is 0 Å². The average Bonchev–Trinajstić information content (AvgIpc) is 2.74. The van der Waals surface area contributed by atoms with Crippen molar-refractivity contribution in [2.24, 2.45) is 0 Å². The molecule has 3 aromatic carbocycles. The molecule has 4 heteroatoms. The zero-order chi connectivity index (χ0) is 19.3. The molecule has 0 bridgehead atoms. The third-order valence-corrected chi connectivity index (χ3v) is 4.71.